The number of aromatic nitrogens is 2. The molecule has 1 aromatic heterocycles. The first-order valence-corrected chi connectivity index (χ1v) is 8.60. The van der Waals surface area contributed by atoms with Crippen LogP contribution in [0, 0.1) is 6.92 Å². The summed E-state index contributed by atoms with van der Waals surface area (Å²) in [5.41, 5.74) is 1.57. The summed E-state index contributed by atoms with van der Waals surface area (Å²) in [6, 6.07) is 5.44. The second-order valence-electron chi connectivity index (χ2n) is 6.18. The minimum absolute atomic E-state index is 0.193. The second-order valence-corrected chi connectivity index (χ2v) is 6.58. The number of hydrogen-bond donors (Lipinski definition) is 1. The van der Waals surface area contributed by atoms with E-state index >= 15 is 0 Å². The van der Waals surface area contributed by atoms with Crippen LogP contribution in [0.25, 0.3) is 0 Å². The van der Waals surface area contributed by atoms with E-state index in [1.165, 1.54) is 9.58 Å². The maximum absolute atomic E-state index is 12.1. The molecule has 0 aliphatic rings. The first kappa shape index (κ1) is 19.8. The fraction of sp³-hybridized carbons (Fsp3) is 0.389. The molecule has 1 heterocycles. The largest absolute Gasteiger partial charge is 0.494 e. The van der Waals surface area contributed by atoms with Crippen molar-refractivity contribution in [2.45, 2.75) is 19.8 Å². The Hall–Kier alpha value is -2.54. The van der Waals surface area contributed by atoms with E-state index in [1.54, 1.807) is 39.5 Å². The Morgan fingerprint density at radius 3 is 2.73 bits per heavy atom. The number of carbonyl (C=O) groups is 2. The molecule has 0 fully saturated rings. The van der Waals surface area contributed by atoms with E-state index in [2.05, 4.69) is 10.4 Å². The van der Waals surface area contributed by atoms with Crippen LogP contribution in [0.2, 0.25) is 5.02 Å². The van der Waals surface area contributed by atoms with Gasteiger partial charge in [0.15, 0.2) is 5.69 Å². The topological polar surface area (TPSA) is 76.5 Å². The summed E-state index contributed by atoms with van der Waals surface area (Å²) in [7, 11) is 4.97. The Balaban J connectivity index is 1.84. The van der Waals surface area contributed by atoms with Gasteiger partial charge in [0.1, 0.15) is 5.75 Å². The molecule has 2 aromatic rings. The van der Waals surface area contributed by atoms with Gasteiger partial charge in [0.2, 0.25) is 5.91 Å². The zero-order chi connectivity index (χ0) is 19.3. The van der Waals surface area contributed by atoms with Gasteiger partial charge in [-0.25, -0.2) is 0 Å². The number of nitrogens with one attached hydrogen (secondary N) is 1. The number of benzene rings is 1. The average molecular weight is 379 g/mol. The molecule has 0 unspecified atom stereocenters. The Morgan fingerprint density at radius 2 is 2.08 bits per heavy atom. The number of aryl methyl sites for hydroxylation is 2. The maximum Gasteiger partial charge on any atom is 0.276 e. The zero-order valence-electron chi connectivity index (χ0n) is 15.4. The predicted octanol–water partition coefficient (Wildman–Crippen LogP) is 2.88. The van der Waals surface area contributed by atoms with Crippen LogP contribution >= 0.6 is 11.6 Å². The fourth-order valence-corrected chi connectivity index (χ4v) is 2.41. The number of amides is 2. The molecular weight excluding hydrogens is 356 g/mol. The molecule has 2 rings (SSSR count). The molecule has 0 aliphatic heterocycles. The maximum atomic E-state index is 12.1. The quantitative estimate of drug-likeness (QED) is 0.751. The number of halogens is 1. The second kappa shape index (κ2) is 8.71. The van der Waals surface area contributed by atoms with Crippen molar-refractivity contribution >= 4 is 29.1 Å². The van der Waals surface area contributed by atoms with Crippen LogP contribution in [0.5, 0.6) is 5.75 Å². The van der Waals surface area contributed by atoms with Gasteiger partial charge in [0, 0.05) is 38.8 Å². The third kappa shape index (κ3) is 5.23. The molecule has 0 aliphatic carbocycles. The lowest BCUT2D eigenvalue weighted by atomic mass is 10.2. The van der Waals surface area contributed by atoms with Crippen molar-refractivity contribution in [2.75, 3.05) is 26.0 Å². The number of hydrogen-bond acceptors (Lipinski definition) is 4. The van der Waals surface area contributed by atoms with E-state index < -0.39 is 0 Å². The molecule has 1 N–H and O–H groups in total. The number of carbonyl (C=O) groups excluding carboxylic acids is 2. The van der Waals surface area contributed by atoms with Crippen LogP contribution in [0.1, 0.15) is 28.9 Å². The highest BCUT2D eigenvalue weighted by Gasteiger charge is 2.19. The van der Waals surface area contributed by atoms with Gasteiger partial charge in [-0.3, -0.25) is 14.3 Å². The van der Waals surface area contributed by atoms with Crippen molar-refractivity contribution in [1.82, 2.24) is 14.7 Å². The number of anilines is 1. The summed E-state index contributed by atoms with van der Waals surface area (Å²) in [5.74, 6) is 0.266. The van der Waals surface area contributed by atoms with E-state index in [0.29, 0.717) is 23.7 Å². The lowest BCUT2D eigenvalue weighted by molar-refractivity contribution is -0.116. The Kier molecular flexibility index (Phi) is 6.63. The van der Waals surface area contributed by atoms with Gasteiger partial charge in [0.05, 0.1) is 12.3 Å². The highest BCUT2D eigenvalue weighted by atomic mass is 35.5. The van der Waals surface area contributed by atoms with Gasteiger partial charge in [-0.15, -0.1) is 0 Å². The van der Waals surface area contributed by atoms with Crippen LogP contribution in [-0.2, 0) is 11.8 Å². The Morgan fingerprint density at radius 1 is 1.35 bits per heavy atom. The van der Waals surface area contributed by atoms with Gasteiger partial charge in [0.25, 0.3) is 5.91 Å². The van der Waals surface area contributed by atoms with E-state index in [1.807, 2.05) is 13.0 Å². The van der Waals surface area contributed by atoms with Gasteiger partial charge < -0.3 is 15.0 Å². The van der Waals surface area contributed by atoms with Crippen LogP contribution in [0.4, 0.5) is 5.69 Å². The molecule has 0 spiro atoms. The summed E-state index contributed by atoms with van der Waals surface area (Å²) in [5, 5.41) is 7.54. The molecule has 2 amide bonds. The van der Waals surface area contributed by atoms with Crippen molar-refractivity contribution in [3.63, 3.8) is 0 Å². The summed E-state index contributed by atoms with van der Waals surface area (Å²) >= 11 is 5.97. The molecule has 0 saturated carbocycles. The van der Waals surface area contributed by atoms with E-state index in [9.17, 15) is 9.59 Å². The number of rotatable bonds is 7. The molecule has 0 radical (unpaired) electrons. The van der Waals surface area contributed by atoms with Crippen LogP contribution in [0.15, 0.2) is 24.4 Å². The lowest BCUT2D eigenvalue weighted by Gasteiger charge is -2.10. The normalized spacial score (nSPS) is 10.5. The monoisotopic (exact) mass is 378 g/mol. The van der Waals surface area contributed by atoms with Crippen LogP contribution in [0.3, 0.4) is 0 Å². The molecule has 140 valence electrons. The van der Waals surface area contributed by atoms with Crippen LogP contribution < -0.4 is 10.1 Å². The number of nitrogens with zero attached hydrogens (tertiary/aromatic N) is 3. The van der Waals surface area contributed by atoms with E-state index in [0.717, 1.165) is 11.3 Å². The van der Waals surface area contributed by atoms with Crippen molar-refractivity contribution < 1.29 is 14.3 Å². The molecule has 7 nitrogen and oxygen atoms in total. The van der Waals surface area contributed by atoms with Gasteiger partial charge >= 0.3 is 0 Å². The standard InChI is InChI=1S/C18H23ClN4O3/c1-12-10-13(7-8-14(12)19)26-9-5-6-16(24)20-15-11-23(4)21-17(15)18(25)22(2)3/h7-8,10-11H,5-6,9H2,1-4H3,(H,20,24). The summed E-state index contributed by atoms with van der Waals surface area (Å²) in [4.78, 5) is 25.6. The molecule has 8 heteroatoms. The van der Waals surface area contributed by atoms with Gasteiger partial charge in [-0.05, 0) is 37.1 Å². The molecule has 0 bridgehead atoms. The van der Waals surface area contributed by atoms with Gasteiger partial charge in [-0.1, -0.05) is 11.6 Å². The summed E-state index contributed by atoms with van der Waals surface area (Å²) in [6.07, 6.45) is 2.43. The zero-order valence-corrected chi connectivity index (χ0v) is 16.1. The lowest BCUT2D eigenvalue weighted by Crippen LogP contribution is -2.24. The minimum atomic E-state index is -0.262. The van der Waals surface area contributed by atoms with E-state index in [4.69, 9.17) is 16.3 Å². The highest BCUT2D eigenvalue weighted by molar-refractivity contribution is 6.31. The molecule has 0 atom stereocenters. The molecule has 26 heavy (non-hydrogen) atoms. The number of ether oxygens (including phenoxy) is 1. The van der Waals surface area contributed by atoms with Crippen molar-refractivity contribution in [3.8, 4) is 5.75 Å². The fourth-order valence-electron chi connectivity index (χ4n) is 2.29. The first-order chi connectivity index (χ1) is 12.3. The van der Waals surface area contributed by atoms with E-state index in [-0.39, 0.29) is 23.9 Å². The Bertz CT molecular complexity index is 802. The highest BCUT2D eigenvalue weighted by Crippen LogP contribution is 2.21. The third-order valence-electron chi connectivity index (χ3n) is 3.66. The van der Waals surface area contributed by atoms with Crippen LogP contribution in [-0.4, -0.2) is 47.2 Å². The SMILES string of the molecule is Cc1cc(OCCCC(=O)Nc2cn(C)nc2C(=O)N(C)C)ccc1Cl. The Labute approximate surface area is 157 Å². The van der Waals surface area contributed by atoms with Crippen molar-refractivity contribution in [3.05, 3.63) is 40.7 Å². The van der Waals surface area contributed by atoms with Crippen molar-refractivity contribution in [1.29, 1.82) is 0 Å². The third-order valence-corrected chi connectivity index (χ3v) is 4.08. The molecule has 0 saturated heterocycles. The smallest absolute Gasteiger partial charge is 0.276 e. The first-order valence-electron chi connectivity index (χ1n) is 8.22. The predicted molar refractivity (Wildman–Crippen MR) is 101 cm³/mol. The van der Waals surface area contributed by atoms with Gasteiger partial charge in [-0.2, -0.15) is 5.10 Å². The summed E-state index contributed by atoms with van der Waals surface area (Å²) < 4.78 is 7.12. The molecule has 1 aromatic carbocycles. The average Bonchev–Trinajstić information content (AvgIpc) is 2.94. The minimum Gasteiger partial charge on any atom is -0.494 e. The summed E-state index contributed by atoms with van der Waals surface area (Å²) in [6.45, 7) is 2.31. The molecular formula is C18H23ClN4O3. The van der Waals surface area contributed by atoms with Crippen molar-refractivity contribution in [2.24, 2.45) is 7.05 Å².